The molecule has 1 atom stereocenters. The fourth-order valence-corrected chi connectivity index (χ4v) is 1.68. The van der Waals surface area contributed by atoms with Crippen LogP contribution in [0.2, 0.25) is 0 Å². The minimum absolute atomic E-state index is 0.0247. The highest BCUT2D eigenvalue weighted by molar-refractivity contribution is 5.98. The zero-order valence-electron chi connectivity index (χ0n) is 10.0. The molecule has 0 unspecified atom stereocenters. The lowest BCUT2D eigenvalue weighted by molar-refractivity contribution is -0.140. The van der Waals surface area contributed by atoms with E-state index in [1.807, 2.05) is 12.2 Å². The van der Waals surface area contributed by atoms with Crippen LogP contribution in [0.5, 0.6) is 0 Å². The maximum atomic E-state index is 11.3. The van der Waals surface area contributed by atoms with Gasteiger partial charge in [-0.2, -0.15) is 0 Å². The van der Waals surface area contributed by atoms with Gasteiger partial charge in [0.2, 0.25) is 0 Å². The Bertz CT molecular complexity index is 341. The van der Waals surface area contributed by atoms with Gasteiger partial charge in [0.25, 0.3) is 0 Å². The summed E-state index contributed by atoms with van der Waals surface area (Å²) in [6, 6.07) is 0. The van der Waals surface area contributed by atoms with Crippen molar-refractivity contribution in [3.8, 4) is 0 Å². The van der Waals surface area contributed by atoms with Crippen LogP contribution in [-0.4, -0.2) is 30.1 Å². The number of hydrogen-bond acceptors (Lipinski definition) is 4. The normalized spacial score (nSPS) is 19.8. The monoisotopic (exact) mass is 238 g/mol. The van der Waals surface area contributed by atoms with E-state index >= 15 is 0 Å². The van der Waals surface area contributed by atoms with Crippen LogP contribution in [0, 0.1) is 0 Å². The number of rotatable bonds is 6. The molecule has 17 heavy (non-hydrogen) atoms. The van der Waals surface area contributed by atoms with Crippen molar-refractivity contribution in [1.29, 1.82) is 0 Å². The molecule has 0 saturated carbocycles. The van der Waals surface area contributed by atoms with Crippen LogP contribution in [0.25, 0.3) is 0 Å². The number of ketones is 1. The maximum Gasteiger partial charge on any atom is 0.305 e. The van der Waals surface area contributed by atoms with Crippen molar-refractivity contribution in [2.75, 3.05) is 7.11 Å². The Labute approximate surface area is 101 Å². The highest BCUT2D eigenvalue weighted by atomic mass is 16.5. The zero-order chi connectivity index (χ0) is 12.7. The molecule has 0 aromatic carbocycles. The Morgan fingerprint density at radius 3 is 2.94 bits per heavy atom. The first-order valence-electron chi connectivity index (χ1n) is 5.77. The molecular formula is C13H18O4. The molecule has 0 radical (unpaired) electrons. The van der Waals surface area contributed by atoms with E-state index in [9.17, 15) is 14.7 Å². The lowest BCUT2D eigenvalue weighted by atomic mass is 10.1. The van der Waals surface area contributed by atoms with Crippen molar-refractivity contribution in [2.45, 2.75) is 38.2 Å². The molecule has 1 aliphatic carbocycles. The molecule has 0 fully saturated rings. The second kappa shape index (κ2) is 7.01. The van der Waals surface area contributed by atoms with Crippen molar-refractivity contribution < 1.29 is 19.4 Å². The molecule has 1 aliphatic rings. The second-order valence-electron chi connectivity index (χ2n) is 4.03. The third kappa shape index (κ3) is 4.95. The Morgan fingerprint density at radius 1 is 1.59 bits per heavy atom. The summed E-state index contributed by atoms with van der Waals surface area (Å²) >= 11 is 0. The predicted molar refractivity (Wildman–Crippen MR) is 63.3 cm³/mol. The third-order valence-electron chi connectivity index (χ3n) is 2.63. The Hall–Kier alpha value is -1.42. The quantitative estimate of drug-likeness (QED) is 0.433. The largest absolute Gasteiger partial charge is 0.469 e. The fraction of sp³-hybridized carbons (Fsp3) is 0.538. The molecule has 4 heteroatoms. The minimum atomic E-state index is -0.606. The van der Waals surface area contributed by atoms with Crippen LogP contribution in [0.4, 0.5) is 0 Å². The summed E-state index contributed by atoms with van der Waals surface area (Å²) in [5, 5.41) is 9.23. The first kappa shape index (κ1) is 13.6. The molecule has 0 saturated heterocycles. The first-order chi connectivity index (χ1) is 8.13. The van der Waals surface area contributed by atoms with Gasteiger partial charge < -0.3 is 9.84 Å². The molecule has 0 bridgehead atoms. The van der Waals surface area contributed by atoms with Crippen LogP contribution in [0.15, 0.2) is 23.8 Å². The molecule has 0 aromatic heterocycles. The van der Waals surface area contributed by atoms with E-state index in [4.69, 9.17) is 0 Å². The Morgan fingerprint density at radius 2 is 2.35 bits per heavy atom. The van der Waals surface area contributed by atoms with E-state index in [0.29, 0.717) is 18.4 Å². The van der Waals surface area contributed by atoms with Crippen LogP contribution < -0.4 is 0 Å². The zero-order valence-corrected chi connectivity index (χ0v) is 10.0. The van der Waals surface area contributed by atoms with Crippen molar-refractivity contribution >= 4 is 11.8 Å². The van der Waals surface area contributed by atoms with Gasteiger partial charge in [0.15, 0.2) is 5.78 Å². The van der Waals surface area contributed by atoms with E-state index < -0.39 is 6.10 Å². The van der Waals surface area contributed by atoms with Crippen LogP contribution in [-0.2, 0) is 14.3 Å². The standard InChI is InChI=1S/C13H18O4/c1-17-13(16)7-5-3-2-4-6-10-8-11(14)9-12(10)15/h2,4,8,11,14H,3,5-7,9H2,1H3/b4-2+/t11-/m1/s1. The van der Waals surface area contributed by atoms with Gasteiger partial charge in [0.05, 0.1) is 13.2 Å². The van der Waals surface area contributed by atoms with Gasteiger partial charge in [-0.15, -0.1) is 0 Å². The number of carbonyl (C=O) groups excluding carboxylic acids is 2. The molecule has 0 heterocycles. The van der Waals surface area contributed by atoms with Gasteiger partial charge in [-0.05, 0) is 30.9 Å². The van der Waals surface area contributed by atoms with Crippen molar-refractivity contribution in [2.24, 2.45) is 0 Å². The first-order valence-corrected chi connectivity index (χ1v) is 5.77. The molecular weight excluding hydrogens is 220 g/mol. The van der Waals surface area contributed by atoms with Gasteiger partial charge in [0, 0.05) is 12.8 Å². The van der Waals surface area contributed by atoms with E-state index in [0.717, 1.165) is 12.8 Å². The minimum Gasteiger partial charge on any atom is -0.469 e. The van der Waals surface area contributed by atoms with Crippen molar-refractivity contribution in [3.05, 3.63) is 23.8 Å². The number of aliphatic hydroxyl groups is 1. The highest BCUT2D eigenvalue weighted by Crippen LogP contribution is 2.18. The summed E-state index contributed by atoms with van der Waals surface area (Å²) in [5.41, 5.74) is 0.682. The number of hydrogen-bond donors (Lipinski definition) is 1. The molecule has 0 spiro atoms. The number of esters is 1. The van der Waals surface area contributed by atoms with E-state index in [-0.39, 0.29) is 18.2 Å². The summed E-state index contributed by atoms with van der Waals surface area (Å²) in [7, 11) is 1.38. The Balaban J connectivity index is 2.16. The number of ether oxygens (including phenoxy) is 1. The van der Waals surface area contributed by atoms with Crippen LogP contribution in [0.3, 0.4) is 0 Å². The molecule has 0 aliphatic heterocycles. The van der Waals surface area contributed by atoms with E-state index in [1.165, 1.54) is 7.11 Å². The molecule has 0 amide bonds. The summed E-state index contributed by atoms with van der Waals surface area (Å²) in [5.74, 6) is -0.174. The number of carbonyl (C=O) groups is 2. The van der Waals surface area contributed by atoms with E-state index in [2.05, 4.69) is 4.74 Å². The molecule has 94 valence electrons. The number of methoxy groups -OCH3 is 1. The SMILES string of the molecule is COC(=O)CCC/C=C/CC1=C[C@@H](O)CC1=O. The summed E-state index contributed by atoms with van der Waals surface area (Å²) < 4.78 is 4.52. The fourth-order valence-electron chi connectivity index (χ4n) is 1.68. The molecule has 4 nitrogen and oxygen atoms in total. The average molecular weight is 238 g/mol. The van der Waals surface area contributed by atoms with Gasteiger partial charge >= 0.3 is 5.97 Å². The number of aliphatic hydroxyl groups excluding tert-OH is 1. The van der Waals surface area contributed by atoms with Crippen molar-refractivity contribution in [1.82, 2.24) is 0 Å². The topological polar surface area (TPSA) is 63.6 Å². The molecule has 1 rings (SSSR count). The summed E-state index contributed by atoms with van der Waals surface area (Å²) in [4.78, 5) is 22.1. The number of unbranched alkanes of at least 4 members (excludes halogenated alkanes) is 1. The van der Waals surface area contributed by atoms with Gasteiger partial charge in [-0.1, -0.05) is 12.2 Å². The van der Waals surface area contributed by atoms with Gasteiger partial charge in [-0.3, -0.25) is 9.59 Å². The van der Waals surface area contributed by atoms with Crippen LogP contribution in [0.1, 0.15) is 32.1 Å². The van der Waals surface area contributed by atoms with Crippen LogP contribution >= 0.6 is 0 Å². The summed E-state index contributed by atoms with van der Waals surface area (Å²) in [6.45, 7) is 0. The predicted octanol–water partition coefficient (Wildman–Crippen LogP) is 1.54. The van der Waals surface area contributed by atoms with Gasteiger partial charge in [-0.25, -0.2) is 0 Å². The maximum absolute atomic E-state index is 11.3. The van der Waals surface area contributed by atoms with E-state index in [1.54, 1.807) is 6.08 Å². The molecule has 1 N–H and O–H groups in total. The lowest BCUT2D eigenvalue weighted by Gasteiger charge is -1.96. The summed E-state index contributed by atoms with van der Waals surface area (Å²) in [6.07, 6.45) is 7.59. The van der Waals surface area contributed by atoms with Gasteiger partial charge in [0.1, 0.15) is 0 Å². The third-order valence-corrected chi connectivity index (χ3v) is 2.63. The second-order valence-corrected chi connectivity index (χ2v) is 4.03. The smallest absolute Gasteiger partial charge is 0.305 e. The highest BCUT2D eigenvalue weighted by Gasteiger charge is 2.20. The van der Waals surface area contributed by atoms with Crippen molar-refractivity contribution in [3.63, 3.8) is 0 Å². The lowest BCUT2D eigenvalue weighted by Crippen LogP contribution is -2.00. The number of Topliss-reactive ketones (excluding diaryl/α,β-unsaturated/α-hetero) is 1. The Kier molecular flexibility index (Phi) is 5.63. The molecule has 0 aromatic rings. The number of allylic oxidation sites excluding steroid dienone is 3. The average Bonchev–Trinajstić information content (AvgIpc) is 2.62.